The monoisotopic (exact) mass is 480 g/mol. The van der Waals surface area contributed by atoms with E-state index < -0.39 is 18.7 Å². The minimum atomic E-state index is -1.13. The van der Waals surface area contributed by atoms with E-state index in [0.717, 1.165) is 30.7 Å². The number of alkyl carbamates (subject to hydrolysis) is 1. The van der Waals surface area contributed by atoms with Crippen LogP contribution in [0.3, 0.4) is 0 Å². The lowest BCUT2D eigenvalue weighted by molar-refractivity contribution is -0.186. The van der Waals surface area contributed by atoms with Crippen molar-refractivity contribution in [3.63, 3.8) is 0 Å². The summed E-state index contributed by atoms with van der Waals surface area (Å²) in [4.78, 5) is 40.6. The number of amides is 2. The molecular formula is C27H32N2O6. The molecule has 2 amide bonds. The summed E-state index contributed by atoms with van der Waals surface area (Å²) in [7, 11) is 1.42. The maximum absolute atomic E-state index is 12.7. The molecule has 2 aliphatic carbocycles. The fourth-order valence-corrected chi connectivity index (χ4v) is 5.23. The fraction of sp³-hybridized carbons (Fsp3) is 0.444. The summed E-state index contributed by atoms with van der Waals surface area (Å²) in [6.45, 7) is -0.293. The van der Waals surface area contributed by atoms with Gasteiger partial charge in [-0.05, 0) is 47.4 Å². The van der Waals surface area contributed by atoms with Crippen LogP contribution in [0, 0.1) is 5.92 Å². The summed E-state index contributed by atoms with van der Waals surface area (Å²) in [5, 5.41) is 12.7. The SMILES string of the molecule is CN(OCC(=O)O)C(=O)CCC1CCCCC1NC(=O)OCC1c2ccccc2-c2ccccc21. The van der Waals surface area contributed by atoms with E-state index in [1.54, 1.807) is 0 Å². The van der Waals surface area contributed by atoms with Gasteiger partial charge in [0, 0.05) is 25.4 Å². The van der Waals surface area contributed by atoms with Crippen LogP contribution in [-0.4, -0.2) is 54.4 Å². The second-order valence-corrected chi connectivity index (χ2v) is 9.22. The Kier molecular flexibility index (Phi) is 8.02. The molecule has 2 unspecified atom stereocenters. The summed E-state index contributed by atoms with van der Waals surface area (Å²) < 4.78 is 5.71. The van der Waals surface area contributed by atoms with Crippen LogP contribution in [0.5, 0.6) is 0 Å². The molecule has 0 aliphatic heterocycles. The van der Waals surface area contributed by atoms with E-state index in [1.807, 2.05) is 24.3 Å². The van der Waals surface area contributed by atoms with Crippen LogP contribution < -0.4 is 5.32 Å². The predicted octanol–water partition coefficient (Wildman–Crippen LogP) is 4.34. The van der Waals surface area contributed by atoms with Gasteiger partial charge >= 0.3 is 12.1 Å². The highest BCUT2D eigenvalue weighted by Gasteiger charge is 2.31. The minimum absolute atomic E-state index is 0.00858. The molecule has 1 fully saturated rings. The highest BCUT2D eigenvalue weighted by Crippen LogP contribution is 2.44. The molecular weight excluding hydrogens is 448 g/mol. The smallest absolute Gasteiger partial charge is 0.407 e. The quantitative estimate of drug-likeness (QED) is 0.518. The fourth-order valence-electron chi connectivity index (χ4n) is 5.23. The standard InChI is InChI=1S/C27H32N2O6/c1-29(35-17-26(31)32)25(30)15-14-18-8-2-7-13-24(18)28-27(33)34-16-23-21-11-5-3-9-19(21)20-10-4-6-12-22(20)23/h3-6,9-12,18,23-24H,2,7-8,13-17H2,1H3,(H,28,33)(H,31,32). The molecule has 0 radical (unpaired) electrons. The number of fused-ring (bicyclic) bond motifs is 3. The first-order chi connectivity index (χ1) is 16.9. The van der Waals surface area contributed by atoms with Crippen molar-refractivity contribution in [3.8, 4) is 11.1 Å². The number of hydrogen-bond donors (Lipinski definition) is 2. The van der Waals surface area contributed by atoms with Crippen LogP contribution in [0.2, 0.25) is 0 Å². The number of hydroxylamine groups is 2. The molecule has 0 aromatic heterocycles. The first-order valence-corrected chi connectivity index (χ1v) is 12.2. The molecule has 0 bridgehead atoms. The van der Waals surface area contributed by atoms with Gasteiger partial charge in [0.25, 0.3) is 0 Å². The maximum Gasteiger partial charge on any atom is 0.407 e. The van der Waals surface area contributed by atoms with Crippen LogP contribution in [0.15, 0.2) is 48.5 Å². The lowest BCUT2D eigenvalue weighted by Crippen LogP contribution is -2.43. The highest BCUT2D eigenvalue weighted by atomic mass is 16.7. The lowest BCUT2D eigenvalue weighted by Gasteiger charge is -2.32. The van der Waals surface area contributed by atoms with Gasteiger partial charge in [0.05, 0.1) is 0 Å². The van der Waals surface area contributed by atoms with Gasteiger partial charge in [0.1, 0.15) is 6.61 Å². The molecule has 186 valence electrons. The van der Waals surface area contributed by atoms with Gasteiger partial charge in [0.2, 0.25) is 5.91 Å². The number of rotatable bonds is 9. The summed E-state index contributed by atoms with van der Waals surface area (Å²) >= 11 is 0. The molecule has 8 heteroatoms. The van der Waals surface area contributed by atoms with Gasteiger partial charge in [-0.25, -0.2) is 14.7 Å². The van der Waals surface area contributed by atoms with Crippen molar-refractivity contribution in [2.24, 2.45) is 5.92 Å². The van der Waals surface area contributed by atoms with Crippen LogP contribution in [0.1, 0.15) is 55.6 Å². The van der Waals surface area contributed by atoms with E-state index >= 15 is 0 Å². The number of ether oxygens (including phenoxy) is 1. The van der Waals surface area contributed by atoms with Crippen molar-refractivity contribution in [2.75, 3.05) is 20.3 Å². The second kappa shape index (κ2) is 11.4. The Balaban J connectivity index is 1.30. The summed E-state index contributed by atoms with van der Waals surface area (Å²) in [5.41, 5.74) is 4.72. The maximum atomic E-state index is 12.7. The minimum Gasteiger partial charge on any atom is -0.479 e. The second-order valence-electron chi connectivity index (χ2n) is 9.22. The molecule has 2 aromatic carbocycles. The summed E-state index contributed by atoms with van der Waals surface area (Å²) in [6, 6.07) is 16.4. The Hall–Kier alpha value is -3.39. The van der Waals surface area contributed by atoms with Gasteiger partial charge in [-0.15, -0.1) is 0 Å². The number of carbonyl (C=O) groups excluding carboxylic acids is 2. The predicted molar refractivity (Wildman–Crippen MR) is 130 cm³/mol. The van der Waals surface area contributed by atoms with Gasteiger partial charge in [-0.1, -0.05) is 61.4 Å². The Labute approximate surface area is 205 Å². The van der Waals surface area contributed by atoms with Gasteiger partial charge in [-0.3, -0.25) is 9.63 Å². The number of carbonyl (C=O) groups is 3. The van der Waals surface area contributed by atoms with Crippen LogP contribution >= 0.6 is 0 Å². The third-order valence-corrected chi connectivity index (χ3v) is 7.02. The van der Waals surface area contributed by atoms with Crippen LogP contribution in [0.25, 0.3) is 11.1 Å². The lowest BCUT2D eigenvalue weighted by atomic mass is 9.81. The molecule has 0 spiro atoms. The Morgan fingerprint density at radius 1 is 1.00 bits per heavy atom. The Morgan fingerprint density at radius 2 is 1.63 bits per heavy atom. The summed E-state index contributed by atoms with van der Waals surface area (Å²) in [5.74, 6) is -1.25. The molecule has 4 rings (SSSR count). The third kappa shape index (κ3) is 6.00. The number of carboxylic acid groups (broad SMARTS) is 1. The van der Waals surface area contributed by atoms with Crippen molar-refractivity contribution in [2.45, 2.75) is 50.5 Å². The highest BCUT2D eigenvalue weighted by molar-refractivity contribution is 5.79. The van der Waals surface area contributed by atoms with E-state index in [4.69, 9.17) is 14.7 Å². The van der Waals surface area contributed by atoms with E-state index in [-0.39, 0.29) is 36.8 Å². The zero-order valence-electron chi connectivity index (χ0n) is 19.9. The molecule has 0 saturated heterocycles. The van der Waals surface area contributed by atoms with Crippen molar-refractivity contribution in [3.05, 3.63) is 59.7 Å². The van der Waals surface area contributed by atoms with Crippen LogP contribution in [0.4, 0.5) is 4.79 Å². The van der Waals surface area contributed by atoms with Crippen LogP contribution in [-0.2, 0) is 19.2 Å². The van der Waals surface area contributed by atoms with E-state index in [2.05, 4.69) is 29.6 Å². The average Bonchev–Trinajstić information content (AvgIpc) is 3.19. The number of hydrogen-bond acceptors (Lipinski definition) is 5. The van der Waals surface area contributed by atoms with Crippen molar-refractivity contribution >= 4 is 18.0 Å². The largest absolute Gasteiger partial charge is 0.479 e. The van der Waals surface area contributed by atoms with E-state index in [0.29, 0.717) is 6.42 Å². The molecule has 8 nitrogen and oxygen atoms in total. The van der Waals surface area contributed by atoms with E-state index in [1.165, 1.54) is 29.3 Å². The normalized spacial score (nSPS) is 18.9. The number of nitrogens with zero attached hydrogens (tertiary/aromatic N) is 1. The number of carboxylic acids is 1. The Morgan fingerprint density at radius 3 is 2.29 bits per heavy atom. The molecule has 35 heavy (non-hydrogen) atoms. The van der Waals surface area contributed by atoms with E-state index in [9.17, 15) is 14.4 Å². The molecule has 2 N–H and O–H groups in total. The topological polar surface area (TPSA) is 105 Å². The number of nitrogens with one attached hydrogen (secondary N) is 1. The van der Waals surface area contributed by atoms with Gasteiger partial charge in [0.15, 0.2) is 6.61 Å². The first-order valence-electron chi connectivity index (χ1n) is 12.2. The first kappa shape index (κ1) is 24.7. The number of aliphatic carboxylic acids is 1. The van der Waals surface area contributed by atoms with Crippen molar-refractivity contribution in [1.82, 2.24) is 10.4 Å². The molecule has 1 saturated carbocycles. The van der Waals surface area contributed by atoms with Gasteiger partial charge in [-0.2, -0.15) is 0 Å². The molecule has 2 aromatic rings. The molecule has 2 aliphatic rings. The average molecular weight is 481 g/mol. The third-order valence-electron chi connectivity index (χ3n) is 7.02. The number of benzene rings is 2. The Bertz CT molecular complexity index is 1030. The zero-order chi connectivity index (χ0) is 24.8. The molecule has 0 heterocycles. The zero-order valence-corrected chi connectivity index (χ0v) is 19.9. The van der Waals surface area contributed by atoms with Crippen molar-refractivity contribution in [1.29, 1.82) is 0 Å². The van der Waals surface area contributed by atoms with Gasteiger partial charge < -0.3 is 15.2 Å². The summed E-state index contributed by atoms with van der Waals surface area (Å²) in [6.07, 6.45) is 4.21. The molecule has 2 atom stereocenters. The van der Waals surface area contributed by atoms with Crippen molar-refractivity contribution < 1.29 is 29.1 Å².